The number of nitrogens with one attached hydrogen (secondary N) is 1. The Balaban J connectivity index is 1.74. The number of likely N-dealkylation sites (N-methyl/N-ethyl adjacent to an activating group) is 1. The average Bonchev–Trinajstić information content (AvgIpc) is 2.89. The molecule has 1 aromatic carbocycles. The second-order valence-corrected chi connectivity index (χ2v) is 6.62. The lowest BCUT2D eigenvalue weighted by Gasteiger charge is -2.30. The van der Waals surface area contributed by atoms with Gasteiger partial charge in [0.25, 0.3) is 11.6 Å². The molecule has 7 nitrogen and oxygen atoms in total. The minimum absolute atomic E-state index is 0.0120. The van der Waals surface area contributed by atoms with Crippen LogP contribution in [0.4, 0.5) is 5.69 Å². The zero-order valence-corrected chi connectivity index (χ0v) is 13.5. The van der Waals surface area contributed by atoms with Gasteiger partial charge in [-0.15, -0.1) is 0 Å². The number of hydrogen-bond donors (Lipinski definition) is 1. The number of aliphatic imine (C=N–C) groups is 1. The smallest absolute Gasteiger partial charge is 0.286 e. The summed E-state index contributed by atoms with van der Waals surface area (Å²) in [6.45, 7) is 3.82. The summed E-state index contributed by atoms with van der Waals surface area (Å²) >= 11 is 1.34. The first-order valence-electron chi connectivity index (χ1n) is 7.36. The number of benzene rings is 1. The number of amides is 1. The normalized spacial score (nSPS) is 20.9. The first kappa shape index (κ1) is 15.7. The molecule has 2 aliphatic rings. The lowest BCUT2D eigenvalue weighted by molar-refractivity contribution is -0.883. The molecule has 0 aromatic heterocycles. The number of hydrogen-bond acceptors (Lipinski definition) is 5. The van der Waals surface area contributed by atoms with Crippen LogP contribution in [0.5, 0.6) is 0 Å². The van der Waals surface area contributed by atoms with Crippen LogP contribution >= 0.6 is 11.8 Å². The van der Waals surface area contributed by atoms with Gasteiger partial charge in [-0.3, -0.25) is 14.9 Å². The van der Waals surface area contributed by atoms with Gasteiger partial charge in [-0.05, 0) is 23.4 Å². The van der Waals surface area contributed by atoms with Crippen molar-refractivity contribution in [2.75, 3.05) is 33.2 Å². The van der Waals surface area contributed by atoms with Crippen LogP contribution in [0.15, 0.2) is 34.2 Å². The maximum atomic E-state index is 12.1. The third kappa shape index (κ3) is 3.59. The number of nitro groups is 1. The molecule has 1 fully saturated rings. The highest BCUT2D eigenvalue weighted by atomic mass is 32.2. The Bertz CT molecular complexity index is 708. The number of carbonyl (C=O) groups excluding carboxylic acids is 1. The van der Waals surface area contributed by atoms with E-state index in [9.17, 15) is 14.9 Å². The zero-order valence-electron chi connectivity index (χ0n) is 12.7. The minimum atomic E-state index is -0.444. The van der Waals surface area contributed by atoms with Crippen molar-refractivity contribution in [2.24, 2.45) is 4.99 Å². The van der Waals surface area contributed by atoms with E-state index < -0.39 is 4.92 Å². The number of carbonyl (C=O) groups is 1. The van der Waals surface area contributed by atoms with E-state index >= 15 is 0 Å². The van der Waals surface area contributed by atoms with Crippen LogP contribution in [0.3, 0.4) is 0 Å². The number of rotatable bonds is 2. The molecule has 0 spiro atoms. The van der Waals surface area contributed by atoms with Crippen molar-refractivity contribution in [3.05, 3.63) is 44.8 Å². The van der Waals surface area contributed by atoms with E-state index in [4.69, 9.17) is 0 Å². The second-order valence-electron chi connectivity index (χ2n) is 5.61. The fourth-order valence-corrected chi connectivity index (χ4v) is 3.46. The van der Waals surface area contributed by atoms with Gasteiger partial charge in [-0.2, -0.15) is 4.99 Å². The van der Waals surface area contributed by atoms with Crippen molar-refractivity contribution in [1.29, 1.82) is 0 Å². The highest BCUT2D eigenvalue weighted by molar-refractivity contribution is 8.18. The van der Waals surface area contributed by atoms with Gasteiger partial charge in [-0.1, -0.05) is 12.1 Å². The van der Waals surface area contributed by atoms with Crippen molar-refractivity contribution in [3.63, 3.8) is 0 Å². The summed E-state index contributed by atoms with van der Waals surface area (Å²) in [5.41, 5.74) is 0.646. The Kier molecular flexibility index (Phi) is 4.44. The molecule has 2 aliphatic heterocycles. The molecule has 1 saturated heterocycles. The topological polar surface area (TPSA) is 80.2 Å². The fraction of sp³-hybridized carbons (Fsp3) is 0.333. The van der Waals surface area contributed by atoms with E-state index in [2.05, 4.69) is 16.9 Å². The van der Waals surface area contributed by atoms with E-state index in [1.54, 1.807) is 18.2 Å². The predicted molar refractivity (Wildman–Crippen MR) is 89.3 cm³/mol. The Morgan fingerprint density at radius 1 is 1.39 bits per heavy atom. The van der Waals surface area contributed by atoms with Crippen molar-refractivity contribution < 1.29 is 14.6 Å². The first-order valence-corrected chi connectivity index (χ1v) is 8.18. The molecular weight excluding hydrogens is 316 g/mol. The molecule has 8 heteroatoms. The number of amidine groups is 1. The summed E-state index contributed by atoms with van der Waals surface area (Å²) in [7, 11) is 2.15. The SMILES string of the molecule is C[NH+]1CCN(C2=NC(=O)/C(=C/c3cccc([N+](=O)[O-])c3)S2)CC1. The standard InChI is InChI=1S/C15H16N4O3S/c1-17-5-7-18(8-6-17)15-16-14(20)13(23-15)10-11-3-2-4-12(9-11)19(21)22/h2-4,9-10H,5-8H2,1H3/p+1/b13-10-. The van der Waals surface area contributed by atoms with Crippen molar-refractivity contribution in [1.82, 2.24) is 4.90 Å². The van der Waals surface area contributed by atoms with Gasteiger partial charge in [0.15, 0.2) is 5.17 Å². The Hall–Kier alpha value is -2.19. The van der Waals surface area contributed by atoms with E-state index in [0.29, 0.717) is 10.5 Å². The summed E-state index contributed by atoms with van der Waals surface area (Å²) in [4.78, 5) is 30.7. The lowest BCUT2D eigenvalue weighted by atomic mass is 10.2. The van der Waals surface area contributed by atoms with Crippen molar-refractivity contribution in [2.45, 2.75) is 0 Å². The van der Waals surface area contributed by atoms with Gasteiger partial charge in [0.05, 0.1) is 43.1 Å². The molecule has 1 N–H and O–H groups in total. The number of non-ortho nitro benzene ring substituents is 1. The third-order valence-corrected chi connectivity index (χ3v) is 4.92. The molecule has 23 heavy (non-hydrogen) atoms. The second kappa shape index (κ2) is 6.51. The number of nitrogens with zero attached hydrogens (tertiary/aromatic N) is 3. The van der Waals surface area contributed by atoms with Gasteiger partial charge < -0.3 is 9.80 Å². The molecular formula is C15H17N4O3S+. The maximum absolute atomic E-state index is 12.1. The fourth-order valence-electron chi connectivity index (χ4n) is 2.49. The molecule has 1 aromatic rings. The number of quaternary nitrogens is 1. The van der Waals surface area contributed by atoms with E-state index in [0.717, 1.165) is 31.3 Å². The summed E-state index contributed by atoms with van der Waals surface area (Å²) in [6, 6.07) is 6.24. The van der Waals surface area contributed by atoms with Gasteiger partial charge in [0.2, 0.25) is 0 Å². The Morgan fingerprint density at radius 2 is 2.13 bits per heavy atom. The highest BCUT2D eigenvalue weighted by Gasteiger charge is 2.28. The quantitative estimate of drug-likeness (QED) is 0.481. The van der Waals surface area contributed by atoms with Crippen LogP contribution < -0.4 is 4.90 Å². The largest absolute Gasteiger partial charge is 0.339 e. The lowest BCUT2D eigenvalue weighted by Crippen LogP contribution is -3.12. The summed E-state index contributed by atoms with van der Waals surface area (Å²) < 4.78 is 0. The van der Waals surface area contributed by atoms with Crippen LogP contribution in [0, 0.1) is 10.1 Å². The van der Waals surface area contributed by atoms with Crippen LogP contribution in [0.25, 0.3) is 6.08 Å². The summed E-state index contributed by atoms with van der Waals surface area (Å²) in [6.07, 6.45) is 1.66. The molecule has 0 aliphatic carbocycles. The van der Waals surface area contributed by atoms with Gasteiger partial charge >= 0.3 is 0 Å². The minimum Gasteiger partial charge on any atom is -0.339 e. The van der Waals surface area contributed by atoms with Gasteiger partial charge in [-0.25, -0.2) is 0 Å². The molecule has 0 atom stereocenters. The number of nitro benzene ring substituents is 1. The predicted octanol–water partition coefficient (Wildman–Crippen LogP) is 0.395. The molecule has 0 saturated carbocycles. The molecule has 0 radical (unpaired) electrons. The number of piperazine rings is 1. The zero-order chi connectivity index (χ0) is 16.4. The molecule has 0 unspecified atom stereocenters. The van der Waals surface area contributed by atoms with Crippen LogP contribution in [-0.4, -0.2) is 54.1 Å². The summed E-state index contributed by atoms with van der Waals surface area (Å²) in [5.74, 6) is -0.275. The first-order chi connectivity index (χ1) is 11.0. The van der Waals surface area contributed by atoms with Gasteiger partial charge in [0.1, 0.15) is 0 Å². The average molecular weight is 333 g/mol. The highest BCUT2D eigenvalue weighted by Crippen LogP contribution is 2.30. The molecule has 0 bridgehead atoms. The molecule has 2 heterocycles. The van der Waals surface area contributed by atoms with Gasteiger partial charge in [0, 0.05) is 12.1 Å². The van der Waals surface area contributed by atoms with E-state index in [-0.39, 0.29) is 11.6 Å². The van der Waals surface area contributed by atoms with Crippen molar-refractivity contribution >= 4 is 34.6 Å². The molecule has 120 valence electrons. The molecule has 3 rings (SSSR count). The number of thioether (sulfide) groups is 1. The summed E-state index contributed by atoms with van der Waals surface area (Å²) in [5, 5.41) is 11.6. The van der Waals surface area contributed by atoms with Crippen LogP contribution in [-0.2, 0) is 4.79 Å². The maximum Gasteiger partial charge on any atom is 0.286 e. The van der Waals surface area contributed by atoms with E-state index in [1.807, 2.05) is 0 Å². The van der Waals surface area contributed by atoms with Crippen molar-refractivity contribution in [3.8, 4) is 0 Å². The monoisotopic (exact) mass is 333 g/mol. The van der Waals surface area contributed by atoms with E-state index in [1.165, 1.54) is 28.8 Å². The molecule has 1 amide bonds. The Morgan fingerprint density at radius 3 is 2.83 bits per heavy atom. The van der Waals surface area contributed by atoms with Crippen LogP contribution in [0.1, 0.15) is 5.56 Å². The van der Waals surface area contributed by atoms with Crippen LogP contribution in [0.2, 0.25) is 0 Å². The third-order valence-electron chi connectivity index (χ3n) is 3.88. The Labute approximate surface area is 137 Å².